The van der Waals surface area contributed by atoms with E-state index in [1.54, 1.807) is 18.2 Å². The zero-order valence-electron chi connectivity index (χ0n) is 13.4. The summed E-state index contributed by atoms with van der Waals surface area (Å²) in [6.45, 7) is 3.33. The zero-order chi connectivity index (χ0) is 16.8. The molecule has 120 valence electrons. The lowest BCUT2D eigenvalue weighted by Crippen LogP contribution is -2.27. The predicted molar refractivity (Wildman–Crippen MR) is 89.6 cm³/mol. The molecule has 0 aliphatic rings. The van der Waals surface area contributed by atoms with Crippen molar-refractivity contribution in [3.63, 3.8) is 0 Å². The lowest BCUT2D eigenvalue weighted by molar-refractivity contribution is -0.114. The third kappa shape index (κ3) is 4.32. The van der Waals surface area contributed by atoms with E-state index in [0.717, 1.165) is 5.56 Å². The second-order valence-electron chi connectivity index (χ2n) is 5.20. The first-order valence-corrected chi connectivity index (χ1v) is 7.32. The Labute approximate surface area is 135 Å². The van der Waals surface area contributed by atoms with Gasteiger partial charge in [-0.25, -0.2) is 0 Å². The van der Waals surface area contributed by atoms with Crippen LogP contribution < -0.4 is 15.4 Å². The molecule has 0 bridgehead atoms. The van der Waals surface area contributed by atoms with E-state index in [9.17, 15) is 9.59 Å². The van der Waals surface area contributed by atoms with Crippen LogP contribution in [0.1, 0.15) is 35.8 Å². The molecule has 0 radical (unpaired) electrons. The fourth-order valence-electron chi connectivity index (χ4n) is 2.27. The molecule has 2 aromatic rings. The van der Waals surface area contributed by atoms with E-state index < -0.39 is 0 Å². The van der Waals surface area contributed by atoms with Gasteiger partial charge in [0, 0.05) is 12.6 Å². The average molecular weight is 312 g/mol. The number of amides is 2. The molecule has 2 aromatic carbocycles. The van der Waals surface area contributed by atoms with E-state index in [2.05, 4.69) is 10.6 Å². The molecule has 5 nitrogen and oxygen atoms in total. The highest BCUT2D eigenvalue weighted by Crippen LogP contribution is 2.23. The molecule has 0 heterocycles. The van der Waals surface area contributed by atoms with E-state index in [4.69, 9.17) is 4.74 Å². The van der Waals surface area contributed by atoms with Gasteiger partial charge in [-0.1, -0.05) is 30.3 Å². The van der Waals surface area contributed by atoms with Crippen molar-refractivity contribution in [2.24, 2.45) is 0 Å². The fraction of sp³-hybridized carbons (Fsp3) is 0.222. The number of carbonyl (C=O) groups is 2. The van der Waals surface area contributed by atoms with Crippen LogP contribution in [0, 0.1) is 0 Å². The molecule has 1 unspecified atom stereocenters. The molecule has 0 aliphatic carbocycles. The second-order valence-corrected chi connectivity index (χ2v) is 5.20. The summed E-state index contributed by atoms with van der Waals surface area (Å²) < 4.78 is 5.24. The molecule has 1 atom stereocenters. The predicted octanol–water partition coefficient (Wildman–Crippen LogP) is 3.14. The van der Waals surface area contributed by atoms with Gasteiger partial charge in [0.25, 0.3) is 5.91 Å². The minimum Gasteiger partial charge on any atom is -0.496 e. The number of hydrogen-bond donors (Lipinski definition) is 2. The van der Waals surface area contributed by atoms with Crippen molar-refractivity contribution in [3.8, 4) is 5.75 Å². The summed E-state index contributed by atoms with van der Waals surface area (Å²) in [4.78, 5) is 23.7. The van der Waals surface area contributed by atoms with Crippen molar-refractivity contribution >= 4 is 17.5 Å². The third-order valence-corrected chi connectivity index (χ3v) is 3.41. The first kappa shape index (κ1) is 16.5. The summed E-state index contributed by atoms with van der Waals surface area (Å²) in [5.41, 5.74) is 1.94. The molecule has 2 amide bonds. The van der Waals surface area contributed by atoms with Crippen LogP contribution in [0.15, 0.2) is 48.5 Å². The highest BCUT2D eigenvalue weighted by molar-refractivity contribution is 5.99. The van der Waals surface area contributed by atoms with Gasteiger partial charge >= 0.3 is 0 Å². The number of nitrogens with one attached hydrogen (secondary N) is 2. The van der Waals surface area contributed by atoms with Crippen molar-refractivity contribution in [1.29, 1.82) is 0 Å². The highest BCUT2D eigenvalue weighted by Gasteiger charge is 2.16. The largest absolute Gasteiger partial charge is 0.496 e. The van der Waals surface area contributed by atoms with Crippen molar-refractivity contribution in [3.05, 3.63) is 59.7 Å². The normalized spacial score (nSPS) is 11.4. The van der Waals surface area contributed by atoms with Crippen LogP contribution in [0.25, 0.3) is 0 Å². The van der Waals surface area contributed by atoms with Crippen LogP contribution in [0.4, 0.5) is 5.69 Å². The first-order valence-electron chi connectivity index (χ1n) is 7.32. The van der Waals surface area contributed by atoms with Crippen LogP contribution in [0.5, 0.6) is 5.75 Å². The van der Waals surface area contributed by atoms with Gasteiger partial charge in [-0.15, -0.1) is 0 Å². The molecule has 0 fully saturated rings. The number of rotatable bonds is 5. The molecule has 0 saturated carbocycles. The van der Waals surface area contributed by atoms with Crippen LogP contribution >= 0.6 is 0 Å². The zero-order valence-corrected chi connectivity index (χ0v) is 13.4. The monoisotopic (exact) mass is 312 g/mol. The van der Waals surface area contributed by atoms with Crippen LogP contribution in [0.3, 0.4) is 0 Å². The smallest absolute Gasteiger partial charge is 0.255 e. The van der Waals surface area contributed by atoms with Crippen molar-refractivity contribution < 1.29 is 14.3 Å². The molecular formula is C18H20N2O3. The summed E-state index contributed by atoms with van der Waals surface area (Å²) in [7, 11) is 1.50. The fourth-order valence-corrected chi connectivity index (χ4v) is 2.27. The van der Waals surface area contributed by atoms with Gasteiger partial charge in [0.15, 0.2) is 0 Å². The van der Waals surface area contributed by atoms with E-state index in [1.807, 2.05) is 37.3 Å². The van der Waals surface area contributed by atoms with Gasteiger partial charge in [-0.3, -0.25) is 9.59 Å². The molecule has 0 aromatic heterocycles. The quantitative estimate of drug-likeness (QED) is 0.891. The Morgan fingerprint density at radius 2 is 1.78 bits per heavy atom. The molecule has 0 aliphatic heterocycles. The number of benzene rings is 2. The SMILES string of the molecule is COc1ccc(NC(C)=O)cc1C(=O)NC(C)c1ccccc1. The maximum Gasteiger partial charge on any atom is 0.255 e. The Morgan fingerprint density at radius 1 is 1.09 bits per heavy atom. The Balaban J connectivity index is 2.21. The van der Waals surface area contributed by atoms with Gasteiger partial charge in [-0.05, 0) is 30.7 Å². The lowest BCUT2D eigenvalue weighted by atomic mass is 10.1. The molecule has 0 spiro atoms. The topological polar surface area (TPSA) is 67.4 Å². The molecular weight excluding hydrogens is 292 g/mol. The number of ether oxygens (including phenoxy) is 1. The molecule has 2 rings (SSSR count). The van der Waals surface area contributed by atoms with Gasteiger partial charge in [0.05, 0.1) is 18.7 Å². The minimum atomic E-state index is -0.259. The maximum atomic E-state index is 12.5. The van der Waals surface area contributed by atoms with Gasteiger partial charge < -0.3 is 15.4 Å². The van der Waals surface area contributed by atoms with Crippen LogP contribution in [-0.2, 0) is 4.79 Å². The summed E-state index contributed by atoms with van der Waals surface area (Å²) in [5, 5.41) is 5.60. The Hall–Kier alpha value is -2.82. The number of anilines is 1. The van der Waals surface area contributed by atoms with Gasteiger partial charge in [-0.2, -0.15) is 0 Å². The average Bonchev–Trinajstić information content (AvgIpc) is 2.55. The van der Waals surface area contributed by atoms with Crippen molar-refractivity contribution in [2.45, 2.75) is 19.9 Å². The Morgan fingerprint density at radius 3 is 2.39 bits per heavy atom. The van der Waals surface area contributed by atoms with E-state index in [1.165, 1.54) is 14.0 Å². The van der Waals surface area contributed by atoms with E-state index >= 15 is 0 Å². The van der Waals surface area contributed by atoms with Crippen LogP contribution in [-0.4, -0.2) is 18.9 Å². The third-order valence-electron chi connectivity index (χ3n) is 3.41. The second kappa shape index (κ2) is 7.45. The molecule has 5 heteroatoms. The van der Waals surface area contributed by atoms with E-state index in [-0.39, 0.29) is 17.9 Å². The summed E-state index contributed by atoms with van der Waals surface area (Å²) in [6.07, 6.45) is 0. The number of methoxy groups -OCH3 is 1. The molecule has 23 heavy (non-hydrogen) atoms. The molecule has 0 saturated heterocycles. The molecule has 2 N–H and O–H groups in total. The Bertz CT molecular complexity index is 699. The first-order chi connectivity index (χ1) is 11.0. The summed E-state index contributed by atoms with van der Waals surface area (Å²) in [5.74, 6) is 0.00134. The van der Waals surface area contributed by atoms with Crippen molar-refractivity contribution in [2.75, 3.05) is 12.4 Å². The van der Waals surface area contributed by atoms with Crippen molar-refractivity contribution in [1.82, 2.24) is 5.32 Å². The van der Waals surface area contributed by atoms with Crippen LogP contribution in [0.2, 0.25) is 0 Å². The van der Waals surface area contributed by atoms with Gasteiger partial charge in [0.1, 0.15) is 5.75 Å². The summed E-state index contributed by atoms with van der Waals surface area (Å²) in [6, 6.07) is 14.5. The maximum absolute atomic E-state index is 12.5. The lowest BCUT2D eigenvalue weighted by Gasteiger charge is -2.16. The Kier molecular flexibility index (Phi) is 5.36. The summed E-state index contributed by atoms with van der Waals surface area (Å²) >= 11 is 0. The standard InChI is InChI=1S/C18H20N2O3/c1-12(14-7-5-4-6-8-14)19-18(22)16-11-15(20-13(2)21)9-10-17(16)23-3/h4-12H,1-3H3,(H,19,22)(H,20,21). The highest BCUT2D eigenvalue weighted by atomic mass is 16.5. The minimum absolute atomic E-state index is 0.141. The van der Waals surface area contributed by atoms with Gasteiger partial charge in [0.2, 0.25) is 5.91 Å². The number of hydrogen-bond acceptors (Lipinski definition) is 3. The number of carbonyl (C=O) groups excluding carboxylic acids is 2. The van der Waals surface area contributed by atoms with E-state index in [0.29, 0.717) is 17.0 Å².